The Labute approximate surface area is 243 Å². The second-order valence-electron chi connectivity index (χ2n) is 10.6. The van der Waals surface area contributed by atoms with Crippen molar-refractivity contribution in [3.8, 4) is 39.6 Å². The van der Waals surface area contributed by atoms with Crippen molar-refractivity contribution in [3.63, 3.8) is 0 Å². The zero-order valence-corrected chi connectivity index (χ0v) is 22.6. The molecule has 0 N–H and O–H groups in total. The van der Waals surface area contributed by atoms with E-state index < -0.39 is 0 Å². The van der Waals surface area contributed by atoms with Crippen molar-refractivity contribution in [2.45, 2.75) is 0 Å². The predicted molar refractivity (Wildman–Crippen MR) is 173 cm³/mol. The van der Waals surface area contributed by atoms with Gasteiger partial charge in [0, 0.05) is 22.5 Å². The summed E-state index contributed by atoms with van der Waals surface area (Å²) in [6.07, 6.45) is 1.83. The third kappa shape index (κ3) is 4.06. The van der Waals surface area contributed by atoms with Crippen LogP contribution < -0.4 is 0 Å². The van der Waals surface area contributed by atoms with Crippen LogP contribution in [0.25, 0.3) is 76.9 Å². The monoisotopic (exact) mass is 533 g/mol. The summed E-state index contributed by atoms with van der Waals surface area (Å²) < 4.78 is 0. The third-order valence-electron chi connectivity index (χ3n) is 8.09. The van der Waals surface area contributed by atoms with Crippen LogP contribution in [0.1, 0.15) is 5.56 Å². The summed E-state index contributed by atoms with van der Waals surface area (Å²) >= 11 is 0. The number of rotatable bonds is 3. The van der Waals surface area contributed by atoms with Gasteiger partial charge in [0.05, 0.1) is 28.4 Å². The molecule has 3 heteroatoms. The van der Waals surface area contributed by atoms with Crippen LogP contribution in [0.3, 0.4) is 0 Å². The molecular formula is C39H23N3. The van der Waals surface area contributed by atoms with Gasteiger partial charge in [-0.3, -0.25) is 4.98 Å². The largest absolute Gasteiger partial charge is 0.254 e. The molecule has 8 rings (SSSR count). The summed E-state index contributed by atoms with van der Waals surface area (Å²) in [4.78, 5) is 9.66. The van der Waals surface area contributed by atoms with Crippen molar-refractivity contribution in [3.05, 3.63) is 145 Å². The van der Waals surface area contributed by atoms with Crippen molar-refractivity contribution < 1.29 is 0 Å². The average Bonchev–Trinajstić information content (AvgIpc) is 3.07. The predicted octanol–water partition coefficient (Wildman–Crippen LogP) is 9.96. The van der Waals surface area contributed by atoms with Crippen LogP contribution in [0.15, 0.2) is 140 Å². The number of fused-ring (bicyclic) bond motifs is 5. The summed E-state index contributed by atoms with van der Waals surface area (Å²) in [7, 11) is 0. The fourth-order valence-corrected chi connectivity index (χ4v) is 5.90. The lowest BCUT2D eigenvalue weighted by Crippen LogP contribution is -1.90. The molecule has 194 valence electrons. The quantitative estimate of drug-likeness (QED) is 0.212. The number of aromatic nitrogens is 2. The van der Waals surface area contributed by atoms with Crippen molar-refractivity contribution >= 4 is 43.4 Å². The lowest BCUT2D eigenvalue weighted by Gasteiger charge is -2.14. The van der Waals surface area contributed by atoms with Crippen molar-refractivity contribution in [1.82, 2.24) is 9.97 Å². The highest BCUT2D eigenvalue weighted by Gasteiger charge is 2.12. The summed E-state index contributed by atoms with van der Waals surface area (Å²) in [6.45, 7) is 0. The average molecular weight is 534 g/mol. The molecule has 42 heavy (non-hydrogen) atoms. The molecule has 0 aliphatic carbocycles. The van der Waals surface area contributed by atoms with E-state index in [1.165, 1.54) is 21.7 Å². The normalized spacial score (nSPS) is 11.3. The van der Waals surface area contributed by atoms with E-state index in [2.05, 4.69) is 114 Å². The van der Waals surface area contributed by atoms with Gasteiger partial charge in [-0.25, -0.2) is 4.98 Å². The Hall–Kier alpha value is -5.85. The molecule has 0 aliphatic rings. The number of nitriles is 1. The van der Waals surface area contributed by atoms with E-state index >= 15 is 0 Å². The van der Waals surface area contributed by atoms with Crippen molar-refractivity contribution in [1.29, 1.82) is 5.26 Å². The van der Waals surface area contributed by atoms with E-state index in [0.717, 1.165) is 55.1 Å². The van der Waals surface area contributed by atoms with Gasteiger partial charge >= 0.3 is 0 Å². The van der Waals surface area contributed by atoms with Crippen LogP contribution in [0.2, 0.25) is 0 Å². The van der Waals surface area contributed by atoms with E-state index in [9.17, 15) is 5.26 Å². The third-order valence-corrected chi connectivity index (χ3v) is 8.09. The first-order chi connectivity index (χ1) is 20.7. The zero-order valence-electron chi connectivity index (χ0n) is 22.6. The molecule has 0 atom stereocenters. The fourth-order valence-electron chi connectivity index (χ4n) is 5.90. The second-order valence-corrected chi connectivity index (χ2v) is 10.6. The molecule has 0 fully saturated rings. The molecule has 0 amide bonds. The first-order valence-corrected chi connectivity index (χ1v) is 14.0. The van der Waals surface area contributed by atoms with Gasteiger partial charge in [-0.1, -0.05) is 84.9 Å². The van der Waals surface area contributed by atoms with E-state index in [0.29, 0.717) is 5.56 Å². The van der Waals surface area contributed by atoms with Crippen LogP contribution in [0, 0.1) is 11.3 Å². The molecule has 2 aromatic heterocycles. The van der Waals surface area contributed by atoms with Gasteiger partial charge in [0.2, 0.25) is 0 Å². The Balaban J connectivity index is 1.24. The van der Waals surface area contributed by atoms with Crippen LogP contribution in [0.5, 0.6) is 0 Å². The van der Waals surface area contributed by atoms with Gasteiger partial charge in [-0.2, -0.15) is 5.26 Å². The minimum absolute atomic E-state index is 0.660. The maximum absolute atomic E-state index is 9.30. The van der Waals surface area contributed by atoms with E-state index in [1.807, 2.05) is 36.5 Å². The highest BCUT2D eigenvalue weighted by atomic mass is 14.7. The van der Waals surface area contributed by atoms with Gasteiger partial charge < -0.3 is 0 Å². The molecule has 0 spiro atoms. The Bertz CT molecular complexity index is 2360. The zero-order chi connectivity index (χ0) is 28.0. The second kappa shape index (κ2) is 9.66. The van der Waals surface area contributed by atoms with Crippen LogP contribution in [-0.4, -0.2) is 9.97 Å². The lowest BCUT2D eigenvalue weighted by molar-refractivity contribution is 1.37. The number of hydrogen-bond donors (Lipinski definition) is 0. The molecule has 0 radical (unpaired) electrons. The van der Waals surface area contributed by atoms with Gasteiger partial charge in [0.15, 0.2) is 0 Å². The van der Waals surface area contributed by atoms with Crippen molar-refractivity contribution in [2.24, 2.45) is 0 Å². The van der Waals surface area contributed by atoms with Gasteiger partial charge in [-0.05, 0) is 92.3 Å². The molecule has 0 aliphatic heterocycles. The molecule has 2 heterocycles. The Morgan fingerprint density at radius 2 is 1.00 bits per heavy atom. The lowest BCUT2D eigenvalue weighted by atomic mass is 9.90. The Morgan fingerprint density at radius 1 is 0.452 bits per heavy atom. The van der Waals surface area contributed by atoms with Gasteiger partial charge in [-0.15, -0.1) is 0 Å². The summed E-state index contributed by atoms with van der Waals surface area (Å²) in [5.41, 5.74) is 9.08. The van der Waals surface area contributed by atoms with Gasteiger partial charge in [0.1, 0.15) is 0 Å². The number of nitrogens with zero attached hydrogens (tertiary/aromatic N) is 3. The van der Waals surface area contributed by atoms with Crippen LogP contribution in [-0.2, 0) is 0 Å². The minimum atomic E-state index is 0.660. The van der Waals surface area contributed by atoms with E-state index in [4.69, 9.17) is 4.98 Å². The Morgan fingerprint density at radius 3 is 1.74 bits per heavy atom. The van der Waals surface area contributed by atoms with Crippen LogP contribution >= 0.6 is 0 Å². The highest BCUT2D eigenvalue weighted by molar-refractivity contribution is 6.04. The molecule has 3 nitrogen and oxygen atoms in total. The smallest absolute Gasteiger partial charge is 0.0991 e. The van der Waals surface area contributed by atoms with Gasteiger partial charge in [0.25, 0.3) is 0 Å². The molecule has 8 aromatic rings. The molecule has 6 aromatic carbocycles. The molecule has 0 saturated carbocycles. The maximum Gasteiger partial charge on any atom is 0.0991 e. The first-order valence-electron chi connectivity index (χ1n) is 14.0. The van der Waals surface area contributed by atoms with Crippen LogP contribution in [0.4, 0.5) is 0 Å². The number of benzene rings is 6. The summed E-state index contributed by atoms with van der Waals surface area (Å²) in [5, 5.41) is 16.2. The number of pyridine rings is 2. The molecule has 0 saturated heterocycles. The molecular weight excluding hydrogens is 510 g/mol. The maximum atomic E-state index is 9.30. The molecule has 0 bridgehead atoms. The first kappa shape index (κ1) is 24.0. The topological polar surface area (TPSA) is 49.6 Å². The summed E-state index contributed by atoms with van der Waals surface area (Å²) in [5.74, 6) is 0. The SMILES string of the molecule is N#Cc1ccc(-c2cc3ccccc3cc2-c2ccc3cc(-c4ccc5ccc6cccnc6c5n4)ccc3c2)cc1. The van der Waals surface area contributed by atoms with E-state index in [-0.39, 0.29) is 0 Å². The fraction of sp³-hybridized carbons (Fsp3) is 0. The van der Waals surface area contributed by atoms with Crippen molar-refractivity contribution in [2.75, 3.05) is 0 Å². The minimum Gasteiger partial charge on any atom is -0.254 e. The standard InChI is InChI=1S/C39H23N3/c40-24-25-7-9-26(10-8-25)35-22-29-4-1-2-5-30(29)23-36(35)33-15-13-32-21-34(16-14-31(32)20-33)37-18-17-28-12-11-27-6-3-19-41-38(27)39(28)42-37/h1-23H. The number of hydrogen-bond acceptors (Lipinski definition) is 3. The summed E-state index contributed by atoms with van der Waals surface area (Å²) in [6, 6.07) is 48.7. The Kier molecular flexibility index (Phi) is 5.52. The molecule has 0 unspecified atom stereocenters. The highest BCUT2D eigenvalue weighted by Crippen LogP contribution is 2.38. The van der Waals surface area contributed by atoms with E-state index in [1.54, 1.807) is 0 Å².